The van der Waals surface area contributed by atoms with Gasteiger partial charge < -0.3 is 19.5 Å². The molecule has 3 aromatic carbocycles. The molecular weight excluding hydrogens is 508 g/mol. The predicted octanol–water partition coefficient (Wildman–Crippen LogP) is 6.75. The third kappa shape index (κ3) is 7.45. The molecule has 0 saturated heterocycles. The monoisotopic (exact) mass is 544 g/mol. The number of aryl methyl sites for hydroxylation is 1. The maximum Gasteiger partial charge on any atom is 0.303 e. The van der Waals surface area contributed by atoms with Gasteiger partial charge in [0.1, 0.15) is 5.75 Å². The smallest absolute Gasteiger partial charge is 0.303 e. The molecule has 0 aromatic heterocycles. The number of carboxylic acid groups (broad SMARTS) is 1. The third-order valence-corrected chi connectivity index (χ3v) is 7.66. The minimum atomic E-state index is -0.783. The second-order valence-corrected chi connectivity index (χ2v) is 10.2. The predicted molar refractivity (Wildman–Crippen MR) is 159 cm³/mol. The molecule has 1 N–H and O–H groups in total. The fourth-order valence-corrected chi connectivity index (χ4v) is 5.21. The van der Waals surface area contributed by atoms with Gasteiger partial charge in [-0.3, -0.25) is 4.79 Å². The number of fused-ring (bicyclic) bond motifs is 1. The first-order chi connectivity index (χ1) is 19.0. The van der Waals surface area contributed by atoms with E-state index in [-0.39, 0.29) is 6.42 Å². The molecule has 0 bridgehead atoms. The van der Waals surface area contributed by atoms with Crippen molar-refractivity contribution in [1.82, 2.24) is 0 Å². The summed E-state index contributed by atoms with van der Waals surface area (Å²) in [6.45, 7) is 4.06. The van der Waals surface area contributed by atoms with Gasteiger partial charge >= 0.3 is 5.97 Å². The molecule has 0 aliphatic carbocycles. The molecule has 0 spiro atoms. The Hall–Kier alpha value is -3.71. The molecule has 204 valence electrons. The average Bonchev–Trinajstić information content (AvgIpc) is 2.98. The fourth-order valence-electron chi connectivity index (χ4n) is 4.80. The molecule has 0 atom stereocenters. The van der Waals surface area contributed by atoms with E-state index in [4.69, 9.17) is 14.5 Å². The Morgan fingerprint density at radius 2 is 1.82 bits per heavy atom. The number of rotatable bonds is 11. The molecule has 0 saturated carbocycles. The maximum absolute atomic E-state index is 11.3. The van der Waals surface area contributed by atoms with Crippen LogP contribution in [0.4, 0.5) is 5.69 Å². The third-order valence-electron chi connectivity index (χ3n) is 6.92. The Bertz CT molecular complexity index is 1320. The molecule has 3 aromatic rings. The number of nitrogens with zero attached hydrogens (tertiary/aromatic N) is 2. The van der Waals surface area contributed by atoms with Crippen molar-refractivity contribution < 1.29 is 19.4 Å². The first-order valence-electron chi connectivity index (χ1n) is 13.2. The fraction of sp³-hybridized carbons (Fsp3) is 0.312. The second-order valence-electron chi connectivity index (χ2n) is 9.31. The van der Waals surface area contributed by atoms with Crippen LogP contribution in [0.15, 0.2) is 88.4 Å². The van der Waals surface area contributed by atoms with Crippen LogP contribution in [0.5, 0.6) is 5.75 Å². The van der Waals surface area contributed by atoms with Gasteiger partial charge in [-0.25, -0.2) is 4.99 Å². The quantitative estimate of drug-likeness (QED) is 0.163. The molecule has 39 heavy (non-hydrogen) atoms. The van der Waals surface area contributed by atoms with Crippen molar-refractivity contribution in [2.24, 2.45) is 4.99 Å². The van der Waals surface area contributed by atoms with Gasteiger partial charge in [-0.1, -0.05) is 30.3 Å². The summed E-state index contributed by atoms with van der Waals surface area (Å²) < 4.78 is 11.9. The van der Waals surface area contributed by atoms with Gasteiger partial charge in [-0.15, -0.1) is 11.8 Å². The highest BCUT2D eigenvalue weighted by Gasteiger charge is 2.23. The van der Waals surface area contributed by atoms with Crippen LogP contribution in [0, 0.1) is 0 Å². The number of anilines is 1. The molecule has 0 fully saturated rings. The van der Waals surface area contributed by atoms with Gasteiger partial charge in [-0.05, 0) is 79.6 Å². The van der Waals surface area contributed by atoms with Crippen molar-refractivity contribution >= 4 is 29.3 Å². The van der Waals surface area contributed by atoms with Crippen molar-refractivity contribution in [2.75, 3.05) is 31.4 Å². The van der Waals surface area contributed by atoms with Crippen LogP contribution in [0.25, 0.3) is 0 Å². The lowest BCUT2D eigenvalue weighted by molar-refractivity contribution is -0.136. The number of carboxylic acids is 1. The molecule has 1 aliphatic heterocycles. The van der Waals surface area contributed by atoms with Gasteiger partial charge in [-0.2, -0.15) is 0 Å². The summed E-state index contributed by atoms with van der Waals surface area (Å²) in [5.41, 5.74) is 6.45. The Balaban J connectivity index is 1.50. The van der Waals surface area contributed by atoms with E-state index in [0.29, 0.717) is 25.3 Å². The molecular formula is C32H36N2O4S. The normalized spacial score (nSPS) is 13.7. The van der Waals surface area contributed by atoms with Gasteiger partial charge in [0.25, 0.3) is 0 Å². The van der Waals surface area contributed by atoms with E-state index in [9.17, 15) is 9.90 Å². The number of allylic oxidation sites excluding steroid dienone is 1. The molecule has 0 amide bonds. The molecule has 1 aliphatic rings. The van der Waals surface area contributed by atoms with E-state index < -0.39 is 5.97 Å². The topological polar surface area (TPSA) is 71.4 Å². The van der Waals surface area contributed by atoms with E-state index in [1.54, 1.807) is 18.9 Å². The van der Waals surface area contributed by atoms with Crippen LogP contribution in [0.2, 0.25) is 0 Å². The minimum absolute atomic E-state index is 0.112. The lowest BCUT2D eigenvalue weighted by atomic mass is 9.91. The van der Waals surface area contributed by atoms with Gasteiger partial charge in [0.15, 0.2) is 0 Å². The molecule has 4 rings (SSSR count). The average molecular weight is 545 g/mol. The summed E-state index contributed by atoms with van der Waals surface area (Å²) in [6.07, 6.45) is 6.16. The van der Waals surface area contributed by atoms with Crippen molar-refractivity contribution in [3.05, 3.63) is 101 Å². The van der Waals surface area contributed by atoms with E-state index in [1.165, 1.54) is 21.7 Å². The number of hydrogen-bond acceptors (Lipinski definition) is 6. The van der Waals surface area contributed by atoms with Crippen molar-refractivity contribution in [2.45, 2.75) is 44.0 Å². The highest BCUT2D eigenvalue weighted by atomic mass is 32.2. The molecule has 7 heteroatoms. The van der Waals surface area contributed by atoms with Crippen LogP contribution < -0.4 is 9.64 Å². The lowest BCUT2D eigenvalue weighted by Crippen LogP contribution is -2.31. The van der Waals surface area contributed by atoms with Crippen molar-refractivity contribution in [1.29, 1.82) is 0 Å². The Labute approximate surface area is 235 Å². The largest absolute Gasteiger partial charge is 0.493 e. The van der Waals surface area contributed by atoms with Gasteiger partial charge in [0.05, 0.1) is 13.7 Å². The second kappa shape index (κ2) is 13.9. The van der Waals surface area contributed by atoms with Gasteiger partial charge in [0.2, 0.25) is 5.90 Å². The summed E-state index contributed by atoms with van der Waals surface area (Å²) >= 11 is 1.73. The lowest BCUT2D eigenvalue weighted by Gasteiger charge is -2.33. The summed E-state index contributed by atoms with van der Waals surface area (Å²) in [4.78, 5) is 19.6. The number of methoxy groups -OCH3 is 1. The number of benzene rings is 3. The summed E-state index contributed by atoms with van der Waals surface area (Å²) in [7, 11) is 1.63. The van der Waals surface area contributed by atoms with Crippen LogP contribution in [-0.2, 0) is 28.9 Å². The maximum atomic E-state index is 11.3. The number of aliphatic imine (C=N–C) groups is 1. The highest BCUT2D eigenvalue weighted by Crippen LogP contribution is 2.34. The zero-order valence-electron chi connectivity index (χ0n) is 22.9. The Morgan fingerprint density at radius 1 is 1.05 bits per heavy atom. The van der Waals surface area contributed by atoms with Crippen LogP contribution in [0.1, 0.15) is 42.0 Å². The van der Waals surface area contributed by atoms with Crippen molar-refractivity contribution in [3.63, 3.8) is 0 Å². The van der Waals surface area contributed by atoms with Crippen LogP contribution >= 0.6 is 11.8 Å². The molecule has 6 nitrogen and oxygen atoms in total. The van der Waals surface area contributed by atoms with E-state index >= 15 is 0 Å². The molecule has 1 heterocycles. The number of hydrogen-bond donors (Lipinski definition) is 1. The van der Waals surface area contributed by atoms with Crippen LogP contribution in [0.3, 0.4) is 0 Å². The van der Waals surface area contributed by atoms with E-state index in [2.05, 4.69) is 35.4 Å². The summed E-state index contributed by atoms with van der Waals surface area (Å²) in [6, 6.07) is 22.5. The molecule has 0 unspecified atom stereocenters. The Morgan fingerprint density at radius 3 is 2.49 bits per heavy atom. The first-order valence-corrected chi connectivity index (χ1v) is 14.4. The highest BCUT2D eigenvalue weighted by molar-refractivity contribution is 7.98. The number of aliphatic carboxylic acids is 1. The summed E-state index contributed by atoms with van der Waals surface area (Å²) in [5, 5.41) is 9.30. The standard InChI is InChI=1S/C32H36N2O4S/c1-4-25(33-32(37-2)24-8-6-5-7-9-24)19-21-38-30-16-10-23(11-17-31(35)36)29-22-34(20-18-28(29)30)26-12-14-27(39-3)15-13-26/h4-10,12-16H,11,17-22H2,1-3H3,(H,35,36)/b25-4+,33-32?. The van der Waals surface area contributed by atoms with Gasteiger partial charge in [0, 0.05) is 53.3 Å². The Kier molecular flexibility index (Phi) is 10.1. The van der Waals surface area contributed by atoms with E-state index in [1.807, 2.05) is 55.5 Å². The molecule has 0 radical (unpaired) electrons. The zero-order valence-corrected chi connectivity index (χ0v) is 23.7. The summed E-state index contributed by atoms with van der Waals surface area (Å²) in [5.74, 6) is 0.667. The minimum Gasteiger partial charge on any atom is -0.493 e. The first kappa shape index (κ1) is 28.3. The number of ether oxygens (including phenoxy) is 2. The van der Waals surface area contributed by atoms with E-state index in [0.717, 1.165) is 42.1 Å². The zero-order chi connectivity index (χ0) is 27.6. The number of carbonyl (C=O) groups is 1. The SMILES string of the molecule is C/C=C(\CCOc1ccc(CCC(=O)O)c2c1CCN(c1ccc(SC)cc1)C2)N=C(OC)c1ccccc1. The van der Waals surface area contributed by atoms with Crippen molar-refractivity contribution in [3.8, 4) is 5.75 Å². The number of thioether (sulfide) groups is 1. The van der Waals surface area contributed by atoms with Crippen LogP contribution in [-0.4, -0.2) is 43.5 Å².